The second kappa shape index (κ2) is 4.31. The Labute approximate surface area is 88.8 Å². The molecule has 3 nitrogen and oxygen atoms in total. The first kappa shape index (κ1) is 11.2. The van der Waals surface area contributed by atoms with Gasteiger partial charge in [-0.25, -0.2) is 8.78 Å². The molecule has 2 saturated heterocycles. The Morgan fingerprint density at radius 3 is 2.67 bits per heavy atom. The predicted molar refractivity (Wildman–Crippen MR) is 53.0 cm³/mol. The minimum absolute atomic E-state index is 0.412. The number of nitrogens with zero attached hydrogens (tertiary/aromatic N) is 1. The van der Waals surface area contributed by atoms with Gasteiger partial charge in [0.05, 0.1) is 0 Å². The molecule has 0 amide bonds. The Balaban J connectivity index is 1.96. The van der Waals surface area contributed by atoms with Gasteiger partial charge in [-0.1, -0.05) is 0 Å². The summed E-state index contributed by atoms with van der Waals surface area (Å²) in [5.41, 5.74) is -0.480. The van der Waals surface area contributed by atoms with Crippen LogP contribution in [0.3, 0.4) is 0 Å². The number of alkyl halides is 2. The summed E-state index contributed by atoms with van der Waals surface area (Å²) in [4.78, 5) is 2.20. The lowest BCUT2D eigenvalue weighted by atomic mass is 9.97. The molecule has 2 heterocycles. The zero-order chi connectivity index (χ0) is 10.9. The maximum Gasteiger partial charge on any atom is 0.264 e. The average Bonchev–Trinajstić information content (AvgIpc) is 2.23. The second-order valence-electron chi connectivity index (χ2n) is 4.50. The number of ether oxygens (including phenoxy) is 1. The molecule has 0 bridgehead atoms. The molecular formula is C10H18F2N2O. The van der Waals surface area contributed by atoms with Crippen LogP contribution in [-0.4, -0.2) is 49.8 Å². The van der Waals surface area contributed by atoms with Gasteiger partial charge in [-0.3, -0.25) is 5.32 Å². The third-order valence-electron chi connectivity index (χ3n) is 3.33. The number of likely N-dealkylation sites (tertiary alicyclic amines) is 1. The third-order valence-corrected chi connectivity index (χ3v) is 3.33. The monoisotopic (exact) mass is 220 g/mol. The maximum absolute atomic E-state index is 12.6. The van der Waals surface area contributed by atoms with E-state index in [4.69, 9.17) is 4.74 Å². The van der Waals surface area contributed by atoms with Crippen LogP contribution in [0.5, 0.6) is 0 Å². The first-order chi connectivity index (χ1) is 7.11. The lowest BCUT2D eigenvalue weighted by Crippen LogP contribution is -2.60. The molecule has 1 spiro atoms. The normalized spacial score (nSPS) is 32.4. The summed E-state index contributed by atoms with van der Waals surface area (Å²) in [6.07, 6.45) is -1.23. The zero-order valence-corrected chi connectivity index (χ0v) is 9.01. The number of hydrogen-bond donors (Lipinski definition) is 1. The van der Waals surface area contributed by atoms with Crippen molar-refractivity contribution in [1.82, 2.24) is 10.2 Å². The average molecular weight is 220 g/mol. The molecule has 2 fully saturated rings. The van der Waals surface area contributed by atoms with E-state index in [0.29, 0.717) is 13.0 Å². The number of piperidine rings is 1. The Morgan fingerprint density at radius 1 is 1.40 bits per heavy atom. The highest BCUT2D eigenvalue weighted by molar-refractivity contribution is 4.89. The Kier molecular flexibility index (Phi) is 3.23. The molecule has 0 aromatic carbocycles. The molecule has 15 heavy (non-hydrogen) atoms. The molecule has 2 aliphatic heterocycles. The van der Waals surface area contributed by atoms with Crippen molar-refractivity contribution in [3.05, 3.63) is 0 Å². The summed E-state index contributed by atoms with van der Waals surface area (Å²) in [6, 6.07) is 0. The van der Waals surface area contributed by atoms with Crippen LogP contribution in [0.15, 0.2) is 0 Å². The van der Waals surface area contributed by atoms with Gasteiger partial charge in [0, 0.05) is 32.5 Å². The fourth-order valence-corrected chi connectivity index (χ4v) is 2.28. The van der Waals surface area contributed by atoms with Crippen molar-refractivity contribution in [3.8, 4) is 0 Å². The smallest absolute Gasteiger partial charge is 0.264 e. The van der Waals surface area contributed by atoms with E-state index in [-0.39, 0.29) is 0 Å². The summed E-state index contributed by atoms with van der Waals surface area (Å²) in [5.74, 6) is 0. The van der Waals surface area contributed by atoms with E-state index in [1.165, 1.54) is 0 Å². The third kappa shape index (κ3) is 2.46. The molecule has 1 atom stereocenters. The van der Waals surface area contributed by atoms with E-state index in [1.54, 1.807) is 0 Å². The SMILES string of the molecule is CN1CCC2(CC1)NCCC(C(F)F)O2. The Hall–Kier alpha value is -0.260. The number of hydrogen-bond acceptors (Lipinski definition) is 3. The van der Waals surface area contributed by atoms with Crippen LogP contribution in [0.25, 0.3) is 0 Å². The summed E-state index contributed by atoms with van der Waals surface area (Å²) < 4.78 is 30.7. The van der Waals surface area contributed by atoms with Crippen LogP contribution in [0.1, 0.15) is 19.3 Å². The lowest BCUT2D eigenvalue weighted by molar-refractivity contribution is -0.199. The van der Waals surface area contributed by atoms with Crippen LogP contribution in [-0.2, 0) is 4.74 Å². The number of halogens is 2. The van der Waals surface area contributed by atoms with E-state index in [1.807, 2.05) is 7.05 Å². The summed E-state index contributed by atoms with van der Waals surface area (Å²) in [7, 11) is 2.04. The largest absolute Gasteiger partial charge is 0.351 e. The highest BCUT2D eigenvalue weighted by atomic mass is 19.3. The Morgan fingerprint density at radius 2 is 2.07 bits per heavy atom. The van der Waals surface area contributed by atoms with Crippen LogP contribution in [0.4, 0.5) is 8.78 Å². The molecule has 0 aromatic rings. The highest BCUT2D eigenvalue weighted by Gasteiger charge is 2.41. The van der Waals surface area contributed by atoms with Crippen molar-refractivity contribution in [2.75, 3.05) is 26.7 Å². The van der Waals surface area contributed by atoms with Crippen LogP contribution in [0, 0.1) is 0 Å². The molecule has 0 aromatic heterocycles. The maximum atomic E-state index is 12.6. The van der Waals surface area contributed by atoms with Crippen molar-refractivity contribution in [2.24, 2.45) is 0 Å². The first-order valence-electron chi connectivity index (χ1n) is 5.51. The second-order valence-corrected chi connectivity index (χ2v) is 4.50. The molecule has 0 saturated carbocycles. The highest BCUT2D eigenvalue weighted by Crippen LogP contribution is 2.30. The predicted octanol–water partition coefficient (Wildman–Crippen LogP) is 1.05. The van der Waals surface area contributed by atoms with E-state index in [0.717, 1.165) is 25.9 Å². The Bertz CT molecular complexity index is 217. The van der Waals surface area contributed by atoms with Gasteiger partial charge in [0.25, 0.3) is 6.43 Å². The van der Waals surface area contributed by atoms with Gasteiger partial charge in [0.2, 0.25) is 0 Å². The van der Waals surface area contributed by atoms with Gasteiger partial charge in [-0.15, -0.1) is 0 Å². The van der Waals surface area contributed by atoms with E-state index >= 15 is 0 Å². The minimum Gasteiger partial charge on any atom is -0.351 e. The van der Waals surface area contributed by atoms with Gasteiger partial charge in [-0.2, -0.15) is 0 Å². The molecule has 2 aliphatic rings. The lowest BCUT2D eigenvalue weighted by Gasteiger charge is -2.46. The van der Waals surface area contributed by atoms with Gasteiger partial charge in [0.1, 0.15) is 11.8 Å². The van der Waals surface area contributed by atoms with Gasteiger partial charge in [0.15, 0.2) is 0 Å². The molecule has 1 unspecified atom stereocenters. The number of nitrogens with one attached hydrogen (secondary N) is 1. The van der Waals surface area contributed by atoms with Crippen LogP contribution >= 0.6 is 0 Å². The molecule has 88 valence electrons. The fraction of sp³-hybridized carbons (Fsp3) is 1.00. The van der Waals surface area contributed by atoms with Crippen molar-refractivity contribution in [2.45, 2.75) is 37.5 Å². The molecule has 0 aliphatic carbocycles. The van der Waals surface area contributed by atoms with E-state index < -0.39 is 18.3 Å². The van der Waals surface area contributed by atoms with Crippen molar-refractivity contribution < 1.29 is 13.5 Å². The fourth-order valence-electron chi connectivity index (χ4n) is 2.28. The van der Waals surface area contributed by atoms with Crippen molar-refractivity contribution in [1.29, 1.82) is 0 Å². The van der Waals surface area contributed by atoms with Gasteiger partial charge in [-0.05, 0) is 13.5 Å². The van der Waals surface area contributed by atoms with Crippen molar-refractivity contribution >= 4 is 0 Å². The van der Waals surface area contributed by atoms with Crippen LogP contribution < -0.4 is 5.32 Å². The quantitative estimate of drug-likeness (QED) is 0.715. The molecule has 0 radical (unpaired) electrons. The zero-order valence-electron chi connectivity index (χ0n) is 9.01. The van der Waals surface area contributed by atoms with Crippen LogP contribution in [0.2, 0.25) is 0 Å². The topological polar surface area (TPSA) is 24.5 Å². The molecule has 5 heteroatoms. The molecular weight excluding hydrogens is 202 g/mol. The summed E-state index contributed by atoms with van der Waals surface area (Å²) in [6.45, 7) is 2.45. The molecule has 2 rings (SSSR count). The summed E-state index contributed by atoms with van der Waals surface area (Å²) >= 11 is 0. The minimum atomic E-state index is -2.36. The standard InChI is InChI=1S/C10H18F2N2O/c1-14-6-3-10(4-7-14)13-5-2-8(15-10)9(11)12/h8-9,13H,2-7H2,1H3. The van der Waals surface area contributed by atoms with E-state index in [2.05, 4.69) is 10.2 Å². The first-order valence-corrected chi connectivity index (χ1v) is 5.51. The summed E-state index contributed by atoms with van der Waals surface area (Å²) in [5, 5.41) is 3.26. The van der Waals surface area contributed by atoms with Crippen molar-refractivity contribution in [3.63, 3.8) is 0 Å². The van der Waals surface area contributed by atoms with Gasteiger partial charge < -0.3 is 9.64 Å². The van der Waals surface area contributed by atoms with E-state index in [9.17, 15) is 8.78 Å². The molecule has 1 N–H and O–H groups in total. The number of rotatable bonds is 1. The van der Waals surface area contributed by atoms with Gasteiger partial charge >= 0.3 is 0 Å².